The second-order valence-corrected chi connectivity index (χ2v) is 11.3. The van der Waals surface area contributed by atoms with Gasteiger partial charge in [0.15, 0.2) is 5.82 Å². The molecule has 0 aliphatic carbocycles. The maximum atomic E-state index is 12.9. The van der Waals surface area contributed by atoms with Gasteiger partial charge in [0, 0.05) is 34.1 Å². The van der Waals surface area contributed by atoms with E-state index in [0.717, 1.165) is 12.1 Å². The molecule has 2 aromatic carbocycles. The molecule has 1 N–H and O–H groups in total. The first-order valence-electron chi connectivity index (χ1n) is 11.4. The Morgan fingerprint density at radius 3 is 2.14 bits per heavy atom. The number of aromatic nitrogens is 3. The Labute approximate surface area is 213 Å². The minimum atomic E-state index is -4.42. The Balaban J connectivity index is 1.70. The fraction of sp³-hybridized carbons (Fsp3) is 0.222. The van der Waals surface area contributed by atoms with E-state index in [2.05, 4.69) is 19.7 Å². The molecule has 0 amide bonds. The number of rotatable bonds is 5. The third-order valence-corrected chi connectivity index (χ3v) is 7.02. The van der Waals surface area contributed by atoms with Gasteiger partial charge in [-0.2, -0.15) is 13.2 Å². The second-order valence-electron chi connectivity index (χ2n) is 9.61. The van der Waals surface area contributed by atoms with Gasteiger partial charge in [-0.05, 0) is 70.2 Å². The lowest BCUT2D eigenvalue weighted by molar-refractivity contribution is -0.137. The Hall–Kier alpha value is -3.63. The highest BCUT2D eigenvalue weighted by Crippen LogP contribution is 2.31. The van der Waals surface area contributed by atoms with Crippen LogP contribution in [0.1, 0.15) is 32.0 Å². The first kappa shape index (κ1) is 26.4. The molecule has 37 heavy (non-hydrogen) atoms. The molecule has 6 nitrogen and oxygen atoms in total. The Kier molecular flexibility index (Phi) is 6.91. The smallest absolute Gasteiger partial charge is 0.256 e. The third-order valence-electron chi connectivity index (χ3n) is 5.26. The molecule has 10 heteroatoms. The number of nitrogens with one attached hydrogen (secondary N) is 1. The van der Waals surface area contributed by atoms with Crippen molar-refractivity contribution in [2.75, 3.05) is 0 Å². The van der Waals surface area contributed by atoms with Gasteiger partial charge in [-0.25, -0.2) is 23.1 Å². The quantitative estimate of drug-likeness (QED) is 0.331. The van der Waals surface area contributed by atoms with E-state index in [4.69, 9.17) is 0 Å². The molecular formula is C27H25F3N4O2S. The summed E-state index contributed by atoms with van der Waals surface area (Å²) in [6.07, 6.45) is -2.85. The first-order chi connectivity index (χ1) is 17.2. The Morgan fingerprint density at radius 2 is 1.49 bits per heavy atom. The molecule has 0 spiro atoms. The van der Waals surface area contributed by atoms with E-state index in [1.54, 1.807) is 70.3 Å². The van der Waals surface area contributed by atoms with E-state index in [9.17, 15) is 21.6 Å². The molecule has 0 aliphatic heterocycles. The van der Waals surface area contributed by atoms with Crippen LogP contribution in [-0.2, 0) is 16.2 Å². The molecule has 192 valence electrons. The summed E-state index contributed by atoms with van der Waals surface area (Å²) in [6.45, 7) is 7.07. The van der Waals surface area contributed by atoms with Gasteiger partial charge in [0.25, 0.3) is 0 Å². The lowest BCUT2D eigenvalue weighted by atomic mass is 10.1. The molecular weight excluding hydrogens is 501 g/mol. The highest BCUT2D eigenvalue weighted by molar-refractivity contribution is 7.89. The van der Waals surface area contributed by atoms with Crippen LogP contribution in [0.3, 0.4) is 0 Å². The van der Waals surface area contributed by atoms with Crippen LogP contribution in [0.4, 0.5) is 13.2 Å². The molecule has 4 rings (SSSR count). The second kappa shape index (κ2) is 9.68. The molecule has 2 heterocycles. The number of sulfonamides is 1. The number of benzene rings is 2. The maximum Gasteiger partial charge on any atom is 0.416 e. The van der Waals surface area contributed by atoms with E-state index in [0.29, 0.717) is 39.6 Å². The summed E-state index contributed by atoms with van der Waals surface area (Å²) >= 11 is 0. The molecule has 0 aliphatic rings. The molecule has 2 aromatic heterocycles. The van der Waals surface area contributed by atoms with Crippen molar-refractivity contribution in [1.29, 1.82) is 0 Å². The van der Waals surface area contributed by atoms with E-state index >= 15 is 0 Å². The van der Waals surface area contributed by atoms with Crippen molar-refractivity contribution in [3.05, 3.63) is 84.2 Å². The number of nitrogens with zero attached hydrogens (tertiary/aromatic N) is 3. The Bertz CT molecular complexity index is 1550. The van der Waals surface area contributed by atoms with Gasteiger partial charge in [0.05, 0.1) is 21.8 Å². The van der Waals surface area contributed by atoms with Crippen LogP contribution >= 0.6 is 0 Å². The molecule has 0 fully saturated rings. The van der Waals surface area contributed by atoms with Crippen molar-refractivity contribution >= 4 is 10.0 Å². The molecule has 0 bridgehead atoms. The van der Waals surface area contributed by atoms with Crippen molar-refractivity contribution in [2.24, 2.45) is 0 Å². The highest BCUT2D eigenvalue weighted by atomic mass is 32.2. The molecule has 0 atom stereocenters. The van der Waals surface area contributed by atoms with Crippen molar-refractivity contribution < 1.29 is 21.6 Å². The van der Waals surface area contributed by atoms with Gasteiger partial charge >= 0.3 is 6.18 Å². The summed E-state index contributed by atoms with van der Waals surface area (Å²) in [4.78, 5) is 13.6. The summed E-state index contributed by atoms with van der Waals surface area (Å²) in [5.41, 5.74) is 2.01. The molecule has 4 aromatic rings. The molecule has 0 saturated heterocycles. The van der Waals surface area contributed by atoms with Crippen molar-refractivity contribution in [2.45, 2.75) is 44.3 Å². The zero-order chi connectivity index (χ0) is 27.0. The largest absolute Gasteiger partial charge is 0.416 e. The summed E-state index contributed by atoms with van der Waals surface area (Å²) in [6, 6.07) is 16.4. The predicted octanol–water partition coefficient (Wildman–Crippen LogP) is 6.28. The van der Waals surface area contributed by atoms with E-state index in [1.807, 2.05) is 0 Å². The number of aryl methyl sites for hydroxylation is 1. The summed E-state index contributed by atoms with van der Waals surface area (Å²) < 4.78 is 67.1. The fourth-order valence-electron chi connectivity index (χ4n) is 3.69. The Morgan fingerprint density at radius 1 is 0.784 bits per heavy atom. The van der Waals surface area contributed by atoms with Crippen molar-refractivity contribution in [3.63, 3.8) is 0 Å². The van der Waals surface area contributed by atoms with Crippen LogP contribution in [0, 0.1) is 6.92 Å². The number of pyridine rings is 1. The molecule has 0 radical (unpaired) electrons. The minimum Gasteiger partial charge on any atom is -0.256 e. The van der Waals surface area contributed by atoms with Crippen LogP contribution in [-0.4, -0.2) is 28.9 Å². The van der Waals surface area contributed by atoms with Crippen LogP contribution < -0.4 is 4.72 Å². The SMILES string of the molecule is Cc1cc(-c2ccc(C(F)(F)F)cc2)nc(-c2ccnc(-c3cccc(S(=O)(=O)NC(C)(C)C)c3)c2)n1. The van der Waals surface area contributed by atoms with Gasteiger partial charge in [-0.3, -0.25) is 4.98 Å². The topological polar surface area (TPSA) is 84.8 Å². The highest BCUT2D eigenvalue weighted by Gasteiger charge is 2.30. The lowest BCUT2D eigenvalue weighted by Crippen LogP contribution is -2.40. The maximum absolute atomic E-state index is 12.9. The zero-order valence-electron chi connectivity index (χ0n) is 20.6. The van der Waals surface area contributed by atoms with Crippen LogP contribution in [0.2, 0.25) is 0 Å². The zero-order valence-corrected chi connectivity index (χ0v) is 21.4. The van der Waals surface area contributed by atoms with Gasteiger partial charge in [-0.1, -0.05) is 24.3 Å². The standard InChI is InChI=1S/C27H25F3N4O2S/c1-17-14-24(18-8-10-21(11-9-18)27(28,29)30)33-25(32-17)20-12-13-31-23(16-20)19-6-5-7-22(15-19)37(35,36)34-26(2,3)4/h5-16,34H,1-4H3. The van der Waals surface area contributed by atoms with Crippen LogP contribution in [0.5, 0.6) is 0 Å². The van der Waals surface area contributed by atoms with E-state index < -0.39 is 27.3 Å². The lowest BCUT2D eigenvalue weighted by Gasteiger charge is -2.20. The van der Waals surface area contributed by atoms with Gasteiger partial charge in [-0.15, -0.1) is 0 Å². The monoisotopic (exact) mass is 526 g/mol. The van der Waals surface area contributed by atoms with E-state index in [1.165, 1.54) is 18.2 Å². The summed E-state index contributed by atoms with van der Waals surface area (Å²) in [7, 11) is -3.74. The normalized spacial score (nSPS) is 12.5. The predicted molar refractivity (Wildman–Crippen MR) is 136 cm³/mol. The number of halogens is 3. The molecule has 0 saturated carbocycles. The molecule has 0 unspecified atom stereocenters. The average Bonchev–Trinajstić information content (AvgIpc) is 2.82. The summed E-state index contributed by atoms with van der Waals surface area (Å²) in [5, 5.41) is 0. The number of hydrogen-bond donors (Lipinski definition) is 1. The summed E-state index contributed by atoms with van der Waals surface area (Å²) in [5.74, 6) is 0.372. The average molecular weight is 527 g/mol. The van der Waals surface area contributed by atoms with Gasteiger partial charge in [0.1, 0.15) is 0 Å². The van der Waals surface area contributed by atoms with Crippen molar-refractivity contribution in [3.8, 4) is 33.9 Å². The fourth-order valence-corrected chi connectivity index (χ4v) is 5.15. The van der Waals surface area contributed by atoms with Crippen LogP contribution in [0.25, 0.3) is 33.9 Å². The first-order valence-corrected chi connectivity index (χ1v) is 12.8. The minimum absolute atomic E-state index is 0.114. The van der Waals surface area contributed by atoms with Gasteiger partial charge < -0.3 is 0 Å². The van der Waals surface area contributed by atoms with E-state index in [-0.39, 0.29) is 4.90 Å². The van der Waals surface area contributed by atoms with Crippen LogP contribution in [0.15, 0.2) is 77.8 Å². The third kappa shape index (κ3) is 6.39. The number of hydrogen-bond acceptors (Lipinski definition) is 5. The van der Waals surface area contributed by atoms with Crippen molar-refractivity contribution in [1.82, 2.24) is 19.7 Å². The van der Waals surface area contributed by atoms with Gasteiger partial charge in [0.2, 0.25) is 10.0 Å². The number of alkyl halides is 3.